The number of nitrogens with zero attached hydrogens (tertiary/aromatic N) is 2. The zero-order chi connectivity index (χ0) is 16.4. The highest BCUT2D eigenvalue weighted by Gasteiger charge is 2.25. The molecule has 0 radical (unpaired) electrons. The van der Waals surface area contributed by atoms with Crippen LogP contribution in [0.15, 0.2) is 4.90 Å². The maximum absolute atomic E-state index is 12.3. The number of carbonyl (C=O) groups excluding carboxylic acids is 1. The second-order valence-corrected chi connectivity index (χ2v) is 7.71. The fourth-order valence-corrected chi connectivity index (χ4v) is 3.65. The number of aryl methyl sites for hydroxylation is 2. The quantitative estimate of drug-likeness (QED) is 0.845. The molecular weight excluding hydrogens is 292 g/mol. The van der Waals surface area contributed by atoms with Crippen molar-refractivity contribution in [2.45, 2.75) is 52.0 Å². The van der Waals surface area contributed by atoms with Gasteiger partial charge in [-0.15, -0.1) is 0 Å². The minimum absolute atomic E-state index is 0.0858. The molecule has 1 aromatic rings. The molecule has 1 rings (SSSR count). The molecule has 8 heteroatoms. The Bertz CT molecular complexity index is 594. The van der Waals surface area contributed by atoms with Crippen LogP contribution >= 0.6 is 0 Å². The third-order valence-corrected chi connectivity index (χ3v) is 4.87. The van der Waals surface area contributed by atoms with Crippen LogP contribution in [0, 0.1) is 13.8 Å². The summed E-state index contributed by atoms with van der Waals surface area (Å²) in [6, 6.07) is 0. The van der Waals surface area contributed by atoms with E-state index in [1.54, 1.807) is 18.7 Å². The summed E-state index contributed by atoms with van der Waals surface area (Å²) >= 11 is 0. The number of aromatic amines is 1. The van der Waals surface area contributed by atoms with Crippen molar-refractivity contribution in [3.63, 3.8) is 0 Å². The average molecular weight is 316 g/mol. The van der Waals surface area contributed by atoms with Crippen LogP contribution in [0.2, 0.25) is 0 Å². The van der Waals surface area contributed by atoms with Gasteiger partial charge in [0.15, 0.2) is 0 Å². The van der Waals surface area contributed by atoms with Gasteiger partial charge in [0.05, 0.1) is 11.4 Å². The van der Waals surface area contributed by atoms with E-state index in [1.165, 1.54) is 6.92 Å². The van der Waals surface area contributed by atoms with Gasteiger partial charge in [-0.05, 0) is 34.6 Å². The monoisotopic (exact) mass is 316 g/mol. The molecule has 120 valence electrons. The van der Waals surface area contributed by atoms with Crippen LogP contribution < -0.4 is 4.72 Å². The standard InChI is InChI=1S/C13H24N4O3S/c1-9-12(10(2)16-15-9)21(19,20)14-7-8-17(11(3)18)13(4,5)6/h14H,7-8H2,1-6H3,(H,15,16). The van der Waals surface area contributed by atoms with Crippen LogP contribution in [0.4, 0.5) is 0 Å². The molecular formula is C13H24N4O3S. The Morgan fingerprint density at radius 1 is 1.33 bits per heavy atom. The molecule has 21 heavy (non-hydrogen) atoms. The molecule has 0 bridgehead atoms. The minimum atomic E-state index is -3.63. The number of H-pyrrole nitrogens is 1. The molecule has 0 aliphatic carbocycles. The number of amides is 1. The van der Waals surface area contributed by atoms with Crippen molar-refractivity contribution in [3.8, 4) is 0 Å². The van der Waals surface area contributed by atoms with Gasteiger partial charge >= 0.3 is 0 Å². The molecule has 2 N–H and O–H groups in total. The van der Waals surface area contributed by atoms with Gasteiger partial charge in [-0.2, -0.15) is 5.10 Å². The number of sulfonamides is 1. The average Bonchev–Trinajstić information content (AvgIpc) is 2.62. The molecule has 0 saturated carbocycles. The summed E-state index contributed by atoms with van der Waals surface area (Å²) in [4.78, 5) is 13.4. The highest BCUT2D eigenvalue weighted by atomic mass is 32.2. The number of nitrogens with one attached hydrogen (secondary N) is 2. The number of hydrogen-bond donors (Lipinski definition) is 2. The van der Waals surface area contributed by atoms with Crippen molar-refractivity contribution < 1.29 is 13.2 Å². The van der Waals surface area contributed by atoms with Crippen molar-refractivity contribution in [2.24, 2.45) is 0 Å². The molecule has 7 nitrogen and oxygen atoms in total. The summed E-state index contributed by atoms with van der Waals surface area (Å²) in [6.45, 7) is 11.0. The summed E-state index contributed by atoms with van der Waals surface area (Å²) in [5.74, 6) is -0.0858. The first kappa shape index (κ1) is 17.6. The van der Waals surface area contributed by atoms with Gasteiger partial charge in [0.1, 0.15) is 4.90 Å². The van der Waals surface area contributed by atoms with Crippen molar-refractivity contribution in [2.75, 3.05) is 13.1 Å². The molecule has 0 spiro atoms. The van der Waals surface area contributed by atoms with Gasteiger partial charge in [-0.1, -0.05) is 0 Å². The maximum Gasteiger partial charge on any atom is 0.244 e. The van der Waals surface area contributed by atoms with Gasteiger partial charge in [-0.25, -0.2) is 13.1 Å². The van der Waals surface area contributed by atoms with Crippen molar-refractivity contribution >= 4 is 15.9 Å². The normalized spacial score (nSPS) is 12.5. The lowest BCUT2D eigenvalue weighted by Crippen LogP contribution is -2.48. The zero-order valence-electron chi connectivity index (χ0n) is 13.4. The Labute approximate surface area is 126 Å². The summed E-state index contributed by atoms with van der Waals surface area (Å²) in [7, 11) is -3.63. The number of aromatic nitrogens is 2. The second kappa shape index (κ2) is 6.15. The fraction of sp³-hybridized carbons (Fsp3) is 0.692. The summed E-state index contributed by atoms with van der Waals surface area (Å²) in [6.07, 6.45) is 0. The molecule has 0 fully saturated rings. The Balaban J connectivity index is 2.78. The lowest BCUT2D eigenvalue weighted by atomic mass is 10.1. The van der Waals surface area contributed by atoms with E-state index in [0.717, 1.165) is 0 Å². The highest BCUT2D eigenvalue weighted by Crippen LogP contribution is 2.16. The van der Waals surface area contributed by atoms with Crippen LogP contribution in [-0.2, 0) is 14.8 Å². The van der Waals surface area contributed by atoms with Gasteiger partial charge in [0.25, 0.3) is 0 Å². The second-order valence-electron chi connectivity index (χ2n) is 6.00. The van der Waals surface area contributed by atoms with Crippen molar-refractivity contribution in [1.82, 2.24) is 19.8 Å². The first-order valence-electron chi connectivity index (χ1n) is 6.76. The van der Waals surface area contributed by atoms with Crippen LogP contribution in [0.25, 0.3) is 0 Å². The molecule has 0 aromatic carbocycles. The van der Waals surface area contributed by atoms with Gasteiger partial charge in [-0.3, -0.25) is 9.89 Å². The smallest absolute Gasteiger partial charge is 0.244 e. The SMILES string of the molecule is CC(=O)N(CCNS(=O)(=O)c1c(C)n[nH]c1C)C(C)(C)C. The largest absolute Gasteiger partial charge is 0.337 e. The lowest BCUT2D eigenvalue weighted by Gasteiger charge is -2.35. The van der Waals surface area contributed by atoms with E-state index in [4.69, 9.17) is 0 Å². The molecule has 1 amide bonds. The molecule has 0 aliphatic heterocycles. The topological polar surface area (TPSA) is 95.2 Å². The Morgan fingerprint density at radius 2 is 1.90 bits per heavy atom. The third-order valence-electron chi connectivity index (χ3n) is 3.15. The number of carbonyl (C=O) groups is 1. The molecule has 0 unspecified atom stereocenters. The van der Waals surface area contributed by atoms with Crippen LogP contribution in [-0.4, -0.2) is 48.1 Å². The van der Waals surface area contributed by atoms with Crippen LogP contribution in [0.3, 0.4) is 0 Å². The lowest BCUT2D eigenvalue weighted by molar-refractivity contribution is -0.133. The Hall–Kier alpha value is -1.41. The molecule has 0 atom stereocenters. The van der Waals surface area contributed by atoms with Gasteiger partial charge in [0, 0.05) is 25.6 Å². The highest BCUT2D eigenvalue weighted by molar-refractivity contribution is 7.89. The fourth-order valence-electron chi connectivity index (χ4n) is 2.27. The first-order valence-corrected chi connectivity index (χ1v) is 8.24. The molecule has 0 saturated heterocycles. The van der Waals surface area contributed by atoms with E-state index in [-0.39, 0.29) is 22.9 Å². The molecule has 1 heterocycles. The summed E-state index contributed by atoms with van der Waals surface area (Å²) in [5.41, 5.74) is 0.581. The zero-order valence-corrected chi connectivity index (χ0v) is 14.3. The van der Waals surface area contributed by atoms with Gasteiger partial charge in [0.2, 0.25) is 15.9 Å². The number of rotatable bonds is 5. The predicted octanol–water partition coefficient (Wildman–Crippen LogP) is 0.952. The Morgan fingerprint density at radius 3 is 2.29 bits per heavy atom. The Kier molecular flexibility index (Phi) is 5.16. The van der Waals surface area contributed by atoms with Gasteiger partial charge < -0.3 is 4.90 Å². The van der Waals surface area contributed by atoms with Crippen molar-refractivity contribution in [3.05, 3.63) is 11.4 Å². The predicted molar refractivity (Wildman–Crippen MR) is 80.4 cm³/mol. The number of hydrogen-bond acceptors (Lipinski definition) is 4. The molecule has 0 aliphatic rings. The van der Waals surface area contributed by atoms with Crippen molar-refractivity contribution in [1.29, 1.82) is 0 Å². The van der Waals surface area contributed by atoms with E-state index in [2.05, 4.69) is 14.9 Å². The van der Waals surface area contributed by atoms with E-state index in [9.17, 15) is 13.2 Å². The van der Waals surface area contributed by atoms with E-state index in [1.807, 2.05) is 20.8 Å². The third kappa shape index (κ3) is 4.28. The van der Waals surface area contributed by atoms with E-state index >= 15 is 0 Å². The summed E-state index contributed by atoms with van der Waals surface area (Å²) < 4.78 is 27.0. The minimum Gasteiger partial charge on any atom is -0.337 e. The van der Waals surface area contributed by atoms with E-state index < -0.39 is 10.0 Å². The van der Waals surface area contributed by atoms with Crippen LogP contribution in [0.5, 0.6) is 0 Å². The molecule has 1 aromatic heterocycles. The van der Waals surface area contributed by atoms with Crippen LogP contribution in [0.1, 0.15) is 39.1 Å². The maximum atomic E-state index is 12.3. The first-order chi connectivity index (χ1) is 9.47. The summed E-state index contributed by atoms with van der Waals surface area (Å²) in [5, 5.41) is 6.54. The van der Waals surface area contributed by atoms with E-state index in [0.29, 0.717) is 17.9 Å².